The fourth-order valence-electron chi connectivity index (χ4n) is 1.12. The summed E-state index contributed by atoms with van der Waals surface area (Å²) < 4.78 is 18.0. The van der Waals surface area contributed by atoms with Crippen LogP contribution in [0.4, 0.5) is 10.1 Å². The van der Waals surface area contributed by atoms with Gasteiger partial charge in [0.2, 0.25) is 5.88 Å². The van der Waals surface area contributed by atoms with Crippen LogP contribution in [0, 0.1) is 5.82 Å². The second-order valence-corrected chi connectivity index (χ2v) is 3.47. The highest BCUT2D eigenvalue weighted by atomic mass is 35.5. The van der Waals surface area contributed by atoms with Gasteiger partial charge in [-0.1, -0.05) is 11.6 Å². The molecule has 5 heteroatoms. The van der Waals surface area contributed by atoms with Crippen molar-refractivity contribution in [2.45, 2.75) is 0 Å². The van der Waals surface area contributed by atoms with Gasteiger partial charge in [0.1, 0.15) is 16.7 Å². The van der Waals surface area contributed by atoms with Gasteiger partial charge in [-0.25, -0.2) is 4.39 Å². The molecule has 0 amide bonds. The summed E-state index contributed by atoms with van der Waals surface area (Å²) in [6.07, 6.45) is 0. The van der Waals surface area contributed by atoms with Crippen LogP contribution in [-0.2, 0) is 0 Å². The first-order chi connectivity index (χ1) is 7.65. The second-order valence-electron chi connectivity index (χ2n) is 3.08. The van der Waals surface area contributed by atoms with E-state index in [0.29, 0.717) is 11.4 Å². The van der Waals surface area contributed by atoms with Crippen LogP contribution in [-0.4, -0.2) is 4.98 Å². The maximum Gasteiger partial charge on any atom is 0.244 e. The third-order valence-electron chi connectivity index (χ3n) is 1.88. The number of nitrogens with two attached hydrogens (primary N) is 1. The first-order valence-corrected chi connectivity index (χ1v) is 4.88. The van der Waals surface area contributed by atoms with Crippen molar-refractivity contribution in [2.75, 3.05) is 5.73 Å². The van der Waals surface area contributed by atoms with E-state index in [-0.39, 0.29) is 16.9 Å². The van der Waals surface area contributed by atoms with Crippen LogP contribution in [0.3, 0.4) is 0 Å². The van der Waals surface area contributed by atoms with Crippen molar-refractivity contribution >= 4 is 17.3 Å². The zero-order valence-electron chi connectivity index (χ0n) is 8.15. The first kappa shape index (κ1) is 10.7. The molecule has 0 atom stereocenters. The van der Waals surface area contributed by atoms with E-state index >= 15 is 0 Å². The number of pyridine rings is 1. The van der Waals surface area contributed by atoms with Gasteiger partial charge in [0.15, 0.2) is 0 Å². The molecular weight excluding hydrogens is 231 g/mol. The zero-order valence-corrected chi connectivity index (χ0v) is 8.91. The standard InChI is InChI=1S/C11H8ClFN2O/c12-10-6-5-9(14)11(15-10)16-8-3-1-7(13)2-4-8/h1-6H,14H2. The van der Waals surface area contributed by atoms with Crippen molar-refractivity contribution in [1.82, 2.24) is 4.98 Å². The molecule has 1 aromatic carbocycles. The molecule has 1 aromatic heterocycles. The number of ether oxygens (including phenoxy) is 1. The number of halogens is 2. The number of nitrogens with zero attached hydrogens (tertiary/aromatic N) is 1. The normalized spacial score (nSPS) is 10.1. The molecular formula is C11H8ClFN2O. The maximum atomic E-state index is 12.7. The number of nitrogen functional groups attached to an aromatic ring is 1. The lowest BCUT2D eigenvalue weighted by Gasteiger charge is -2.07. The average Bonchev–Trinajstić information content (AvgIpc) is 2.27. The molecule has 2 N–H and O–H groups in total. The van der Waals surface area contributed by atoms with Crippen LogP contribution in [0.5, 0.6) is 11.6 Å². The van der Waals surface area contributed by atoms with Crippen LogP contribution in [0.1, 0.15) is 0 Å². The molecule has 0 radical (unpaired) electrons. The molecule has 0 bridgehead atoms. The van der Waals surface area contributed by atoms with Crippen molar-refractivity contribution in [3.63, 3.8) is 0 Å². The Morgan fingerprint density at radius 1 is 1.12 bits per heavy atom. The van der Waals surface area contributed by atoms with Crippen LogP contribution >= 0.6 is 11.6 Å². The van der Waals surface area contributed by atoms with Crippen molar-refractivity contribution in [1.29, 1.82) is 0 Å². The van der Waals surface area contributed by atoms with Gasteiger partial charge in [-0.3, -0.25) is 0 Å². The van der Waals surface area contributed by atoms with Gasteiger partial charge < -0.3 is 10.5 Å². The molecule has 0 aliphatic carbocycles. The van der Waals surface area contributed by atoms with Crippen LogP contribution in [0.15, 0.2) is 36.4 Å². The summed E-state index contributed by atoms with van der Waals surface area (Å²) in [6.45, 7) is 0. The summed E-state index contributed by atoms with van der Waals surface area (Å²) in [5, 5.41) is 0.284. The first-order valence-electron chi connectivity index (χ1n) is 4.50. The number of rotatable bonds is 2. The Kier molecular flexibility index (Phi) is 2.92. The molecule has 2 rings (SSSR count). The molecule has 1 heterocycles. The maximum absolute atomic E-state index is 12.7. The molecule has 0 aliphatic rings. The fourth-order valence-corrected chi connectivity index (χ4v) is 1.26. The van der Waals surface area contributed by atoms with E-state index in [1.807, 2.05) is 0 Å². The zero-order chi connectivity index (χ0) is 11.5. The number of anilines is 1. The Hall–Kier alpha value is -1.81. The minimum absolute atomic E-state index is 0.208. The fraction of sp³-hybridized carbons (Fsp3) is 0. The van der Waals surface area contributed by atoms with Crippen molar-refractivity contribution in [3.05, 3.63) is 47.4 Å². The molecule has 2 aromatic rings. The summed E-state index contributed by atoms with van der Waals surface area (Å²) in [5.74, 6) is 0.321. The van der Waals surface area contributed by atoms with Gasteiger partial charge in [0.25, 0.3) is 0 Å². The molecule has 0 spiro atoms. The van der Waals surface area contributed by atoms with Crippen LogP contribution in [0.2, 0.25) is 5.15 Å². The number of benzene rings is 1. The predicted octanol–water partition coefficient (Wildman–Crippen LogP) is 3.25. The third-order valence-corrected chi connectivity index (χ3v) is 2.09. The molecule has 0 saturated carbocycles. The summed E-state index contributed by atoms with van der Waals surface area (Å²) in [6, 6.07) is 8.70. The topological polar surface area (TPSA) is 48.1 Å². The summed E-state index contributed by atoms with van der Waals surface area (Å²) >= 11 is 5.70. The number of aromatic nitrogens is 1. The molecule has 3 nitrogen and oxygen atoms in total. The summed E-state index contributed by atoms with van der Waals surface area (Å²) in [7, 11) is 0. The summed E-state index contributed by atoms with van der Waals surface area (Å²) in [4.78, 5) is 3.91. The number of hydrogen-bond acceptors (Lipinski definition) is 3. The Balaban J connectivity index is 2.26. The largest absolute Gasteiger partial charge is 0.437 e. The highest BCUT2D eigenvalue weighted by molar-refractivity contribution is 6.29. The van der Waals surface area contributed by atoms with Crippen molar-refractivity contribution < 1.29 is 9.13 Å². The van der Waals surface area contributed by atoms with Crippen LogP contribution < -0.4 is 10.5 Å². The van der Waals surface area contributed by atoms with E-state index in [0.717, 1.165) is 0 Å². The SMILES string of the molecule is Nc1ccc(Cl)nc1Oc1ccc(F)cc1. The van der Waals surface area contributed by atoms with E-state index in [1.54, 1.807) is 12.1 Å². The van der Waals surface area contributed by atoms with Gasteiger partial charge in [0.05, 0.1) is 5.69 Å². The summed E-state index contributed by atoms with van der Waals surface area (Å²) in [5.41, 5.74) is 6.02. The molecule has 0 saturated heterocycles. The monoisotopic (exact) mass is 238 g/mol. The minimum atomic E-state index is -0.334. The predicted molar refractivity (Wildman–Crippen MR) is 60.1 cm³/mol. The van der Waals surface area contributed by atoms with Gasteiger partial charge in [-0.15, -0.1) is 0 Å². The molecule has 16 heavy (non-hydrogen) atoms. The lowest BCUT2D eigenvalue weighted by atomic mass is 10.3. The second kappa shape index (κ2) is 4.37. The highest BCUT2D eigenvalue weighted by Gasteiger charge is 2.04. The Labute approximate surface area is 96.6 Å². The highest BCUT2D eigenvalue weighted by Crippen LogP contribution is 2.26. The van der Waals surface area contributed by atoms with Gasteiger partial charge in [0, 0.05) is 0 Å². The van der Waals surface area contributed by atoms with E-state index in [4.69, 9.17) is 22.1 Å². The number of hydrogen-bond donors (Lipinski definition) is 1. The quantitative estimate of drug-likeness (QED) is 0.817. The Bertz CT molecular complexity index is 502. The minimum Gasteiger partial charge on any atom is -0.437 e. The molecule has 0 fully saturated rings. The van der Waals surface area contributed by atoms with Crippen molar-refractivity contribution in [2.24, 2.45) is 0 Å². The van der Waals surface area contributed by atoms with E-state index in [9.17, 15) is 4.39 Å². The average molecular weight is 239 g/mol. The van der Waals surface area contributed by atoms with Gasteiger partial charge >= 0.3 is 0 Å². The van der Waals surface area contributed by atoms with Gasteiger partial charge in [-0.05, 0) is 36.4 Å². The Morgan fingerprint density at radius 3 is 2.50 bits per heavy atom. The van der Waals surface area contributed by atoms with Gasteiger partial charge in [-0.2, -0.15) is 4.98 Å². The van der Waals surface area contributed by atoms with Crippen molar-refractivity contribution in [3.8, 4) is 11.6 Å². The van der Waals surface area contributed by atoms with E-state index in [2.05, 4.69) is 4.98 Å². The Morgan fingerprint density at radius 2 is 1.81 bits per heavy atom. The molecule has 0 unspecified atom stereocenters. The smallest absolute Gasteiger partial charge is 0.244 e. The van der Waals surface area contributed by atoms with E-state index < -0.39 is 0 Å². The lowest BCUT2D eigenvalue weighted by molar-refractivity contribution is 0.464. The van der Waals surface area contributed by atoms with Crippen LogP contribution in [0.25, 0.3) is 0 Å². The lowest BCUT2D eigenvalue weighted by Crippen LogP contribution is -1.95. The molecule has 82 valence electrons. The molecule has 0 aliphatic heterocycles. The van der Waals surface area contributed by atoms with E-state index in [1.165, 1.54) is 24.3 Å². The third kappa shape index (κ3) is 2.41.